The van der Waals surface area contributed by atoms with Crippen LogP contribution in [0.25, 0.3) is 0 Å². The Hall–Kier alpha value is -0.310. The van der Waals surface area contributed by atoms with Crippen LogP contribution in [-0.2, 0) is 6.42 Å². The van der Waals surface area contributed by atoms with Crippen LogP contribution < -0.4 is 0 Å². The summed E-state index contributed by atoms with van der Waals surface area (Å²) in [6, 6.07) is 2.91. The van der Waals surface area contributed by atoms with Gasteiger partial charge in [-0.15, -0.1) is 0 Å². The van der Waals surface area contributed by atoms with Crippen molar-refractivity contribution in [3.8, 4) is 0 Å². The number of aryl methyl sites for hydroxylation is 1. The molecule has 1 atom stereocenters. The second-order valence-electron chi connectivity index (χ2n) is 6.32. The number of halogens is 1. The monoisotopic (exact) mass is 324 g/mol. The Morgan fingerprint density at radius 1 is 1.21 bits per heavy atom. The molecule has 0 aliphatic heterocycles. The molecule has 0 aromatic carbocycles. The lowest BCUT2D eigenvalue weighted by molar-refractivity contribution is 0.328. The molecule has 1 aromatic heterocycles. The summed E-state index contributed by atoms with van der Waals surface area (Å²) in [5, 5.41) is 4.79. The Kier molecular flexibility index (Phi) is 4.62. The molecule has 0 spiro atoms. The average Bonchev–Trinajstić information content (AvgIpc) is 3.20. The summed E-state index contributed by atoms with van der Waals surface area (Å²) in [6.45, 7) is 0. The maximum atomic E-state index is 4.79. The van der Waals surface area contributed by atoms with E-state index in [4.69, 9.17) is 5.10 Å². The Morgan fingerprint density at radius 3 is 2.74 bits per heavy atom. The van der Waals surface area contributed by atoms with Crippen molar-refractivity contribution in [1.29, 1.82) is 0 Å². The van der Waals surface area contributed by atoms with Crippen LogP contribution in [0.3, 0.4) is 0 Å². The molecule has 2 nitrogen and oxygen atoms in total. The first kappa shape index (κ1) is 13.7. The van der Waals surface area contributed by atoms with E-state index in [1.807, 2.05) is 0 Å². The Morgan fingerprint density at radius 2 is 2.00 bits per heavy atom. The summed E-state index contributed by atoms with van der Waals surface area (Å²) in [4.78, 5) is 0.757. The fourth-order valence-electron chi connectivity index (χ4n) is 3.23. The Labute approximate surface area is 125 Å². The van der Waals surface area contributed by atoms with Crippen molar-refractivity contribution >= 4 is 15.9 Å². The maximum absolute atomic E-state index is 4.79. The predicted octanol–water partition coefficient (Wildman–Crippen LogP) is 4.88. The third kappa shape index (κ3) is 3.84. The minimum absolute atomic E-state index is 0.679. The average molecular weight is 325 g/mol. The van der Waals surface area contributed by atoms with Crippen LogP contribution in [0.2, 0.25) is 0 Å². The lowest BCUT2D eigenvalue weighted by Crippen LogP contribution is -2.13. The highest BCUT2D eigenvalue weighted by Gasteiger charge is 2.28. The molecule has 0 saturated heterocycles. The molecule has 0 bridgehead atoms. The summed E-state index contributed by atoms with van der Waals surface area (Å²) in [7, 11) is 0. The van der Waals surface area contributed by atoms with E-state index in [1.165, 1.54) is 63.5 Å². The topological polar surface area (TPSA) is 17.8 Å². The van der Waals surface area contributed by atoms with E-state index in [9.17, 15) is 0 Å². The summed E-state index contributed by atoms with van der Waals surface area (Å²) in [5.74, 6) is 0.972. The minimum Gasteiger partial charge on any atom is -0.269 e. The molecule has 2 aliphatic carbocycles. The molecular formula is C16H25BrN2. The van der Waals surface area contributed by atoms with E-state index in [2.05, 4.69) is 32.9 Å². The molecule has 0 N–H and O–H groups in total. The van der Waals surface area contributed by atoms with Gasteiger partial charge in [0.1, 0.15) is 0 Å². The van der Waals surface area contributed by atoms with Gasteiger partial charge in [0, 0.05) is 11.0 Å². The quantitative estimate of drug-likeness (QED) is 0.681. The highest BCUT2D eigenvalue weighted by atomic mass is 79.9. The molecule has 2 fully saturated rings. The van der Waals surface area contributed by atoms with Crippen molar-refractivity contribution < 1.29 is 0 Å². The number of hydrogen-bond acceptors (Lipinski definition) is 1. The summed E-state index contributed by atoms with van der Waals surface area (Å²) in [6.07, 6.45) is 15.6. The van der Waals surface area contributed by atoms with Crippen molar-refractivity contribution in [3.63, 3.8) is 0 Å². The number of alkyl halides is 1. The minimum atomic E-state index is 0.679. The number of rotatable bonds is 6. The third-order valence-corrected chi connectivity index (χ3v) is 5.86. The first-order valence-electron chi connectivity index (χ1n) is 8.01. The van der Waals surface area contributed by atoms with Crippen LogP contribution in [0.5, 0.6) is 0 Å². The van der Waals surface area contributed by atoms with Crippen molar-refractivity contribution in [1.82, 2.24) is 9.78 Å². The molecule has 3 heteroatoms. The molecule has 3 rings (SSSR count). The molecule has 19 heavy (non-hydrogen) atoms. The molecule has 2 saturated carbocycles. The zero-order valence-electron chi connectivity index (χ0n) is 11.7. The zero-order valence-corrected chi connectivity index (χ0v) is 13.3. The maximum Gasteiger partial charge on any atom is 0.0624 e. The smallest absolute Gasteiger partial charge is 0.0624 e. The molecule has 1 heterocycles. The van der Waals surface area contributed by atoms with Gasteiger partial charge in [-0.05, 0) is 56.9 Å². The molecular weight excluding hydrogens is 300 g/mol. The summed E-state index contributed by atoms with van der Waals surface area (Å²) < 4.78 is 2.24. The molecule has 0 amide bonds. The van der Waals surface area contributed by atoms with Gasteiger partial charge in [0.05, 0.1) is 11.7 Å². The van der Waals surface area contributed by atoms with Gasteiger partial charge in [-0.25, -0.2) is 0 Å². The standard InChI is InChI=1S/C16H25BrN2/c17-16(13-9-10-13)8-4-5-14-11-12-19(18-14)15-6-2-1-3-7-15/h11-13,15-16H,1-10H2. The normalized spacial score (nSPS) is 22.6. The van der Waals surface area contributed by atoms with Gasteiger partial charge in [0.2, 0.25) is 0 Å². The van der Waals surface area contributed by atoms with Crippen molar-refractivity contribution in [2.45, 2.75) is 75.1 Å². The van der Waals surface area contributed by atoms with Crippen molar-refractivity contribution in [3.05, 3.63) is 18.0 Å². The van der Waals surface area contributed by atoms with Gasteiger partial charge in [0.15, 0.2) is 0 Å². The number of nitrogens with zero attached hydrogens (tertiary/aromatic N) is 2. The lowest BCUT2D eigenvalue weighted by atomic mass is 9.96. The van der Waals surface area contributed by atoms with E-state index >= 15 is 0 Å². The van der Waals surface area contributed by atoms with Crippen LogP contribution >= 0.6 is 15.9 Å². The van der Waals surface area contributed by atoms with Crippen molar-refractivity contribution in [2.24, 2.45) is 5.92 Å². The molecule has 1 aromatic rings. The van der Waals surface area contributed by atoms with Crippen LogP contribution in [0.4, 0.5) is 0 Å². The molecule has 1 unspecified atom stereocenters. The van der Waals surface area contributed by atoms with Gasteiger partial charge in [0.25, 0.3) is 0 Å². The van der Waals surface area contributed by atoms with E-state index in [0.29, 0.717) is 6.04 Å². The first-order valence-corrected chi connectivity index (χ1v) is 8.92. The van der Waals surface area contributed by atoms with Crippen LogP contribution in [0.1, 0.15) is 69.5 Å². The SMILES string of the molecule is BrC(CCCc1ccn(C2CCCCC2)n1)C1CC1. The molecule has 0 radical (unpaired) electrons. The molecule has 2 aliphatic rings. The fourth-order valence-corrected chi connectivity index (χ4v) is 4.08. The van der Waals surface area contributed by atoms with Crippen LogP contribution in [0.15, 0.2) is 12.3 Å². The van der Waals surface area contributed by atoms with Crippen LogP contribution in [0, 0.1) is 5.92 Å². The Bertz CT molecular complexity index is 391. The number of aromatic nitrogens is 2. The van der Waals surface area contributed by atoms with Gasteiger partial charge in [-0.2, -0.15) is 5.10 Å². The van der Waals surface area contributed by atoms with Gasteiger partial charge in [-0.3, -0.25) is 4.68 Å². The van der Waals surface area contributed by atoms with Gasteiger partial charge < -0.3 is 0 Å². The van der Waals surface area contributed by atoms with E-state index < -0.39 is 0 Å². The van der Waals surface area contributed by atoms with Crippen molar-refractivity contribution in [2.75, 3.05) is 0 Å². The third-order valence-electron chi connectivity index (χ3n) is 4.66. The highest BCUT2D eigenvalue weighted by molar-refractivity contribution is 9.09. The van der Waals surface area contributed by atoms with E-state index in [0.717, 1.165) is 17.2 Å². The second-order valence-corrected chi connectivity index (χ2v) is 7.50. The highest BCUT2D eigenvalue weighted by Crippen LogP contribution is 2.38. The Balaban J connectivity index is 1.44. The van der Waals surface area contributed by atoms with E-state index in [-0.39, 0.29) is 0 Å². The predicted molar refractivity (Wildman–Crippen MR) is 82.7 cm³/mol. The second kappa shape index (κ2) is 6.43. The summed E-state index contributed by atoms with van der Waals surface area (Å²) >= 11 is 3.82. The van der Waals surface area contributed by atoms with Crippen LogP contribution in [-0.4, -0.2) is 14.6 Å². The van der Waals surface area contributed by atoms with Gasteiger partial charge >= 0.3 is 0 Å². The number of hydrogen-bond donors (Lipinski definition) is 0. The zero-order chi connectivity index (χ0) is 13.1. The molecule has 106 valence electrons. The largest absolute Gasteiger partial charge is 0.269 e. The summed E-state index contributed by atoms with van der Waals surface area (Å²) in [5.41, 5.74) is 1.29. The van der Waals surface area contributed by atoms with E-state index in [1.54, 1.807) is 0 Å². The first-order chi connectivity index (χ1) is 9.33. The fraction of sp³-hybridized carbons (Fsp3) is 0.812. The lowest BCUT2D eigenvalue weighted by Gasteiger charge is -2.21. The van der Waals surface area contributed by atoms with Gasteiger partial charge in [-0.1, -0.05) is 35.2 Å².